The van der Waals surface area contributed by atoms with E-state index in [4.69, 9.17) is 0 Å². The van der Waals surface area contributed by atoms with Crippen LogP contribution in [0.5, 0.6) is 0 Å². The number of nitrogens with zero attached hydrogens (tertiary/aromatic N) is 2. The van der Waals surface area contributed by atoms with E-state index in [2.05, 4.69) is 36.7 Å². The first-order valence-electron chi connectivity index (χ1n) is 4.48. The molecule has 76 valence electrons. The molecule has 0 saturated carbocycles. The van der Waals surface area contributed by atoms with E-state index >= 15 is 0 Å². The molecule has 0 N–H and O–H groups in total. The molecule has 0 radical (unpaired) electrons. The molecule has 1 aromatic rings. The van der Waals surface area contributed by atoms with E-state index in [-0.39, 0.29) is 0 Å². The molecule has 0 fully saturated rings. The van der Waals surface area contributed by atoms with Crippen molar-refractivity contribution in [2.24, 2.45) is 0 Å². The smallest absolute Gasteiger partial charge is 0.122 e. The van der Waals surface area contributed by atoms with E-state index in [1.165, 1.54) is 5.56 Å². The standard InChI is InChI=1S/C10H14N2S2/c1-4-6-14-9-7-8(3)10(12-11-9)13-5-2/h4,7H,1,5-6H2,2-3H3. The molecule has 4 heteroatoms. The first-order valence-corrected chi connectivity index (χ1v) is 6.45. The summed E-state index contributed by atoms with van der Waals surface area (Å²) in [5.41, 5.74) is 1.21. The maximum atomic E-state index is 4.18. The van der Waals surface area contributed by atoms with Gasteiger partial charge in [0.15, 0.2) is 0 Å². The van der Waals surface area contributed by atoms with Crippen LogP contribution < -0.4 is 0 Å². The van der Waals surface area contributed by atoms with E-state index in [1.54, 1.807) is 23.5 Å². The zero-order chi connectivity index (χ0) is 10.4. The monoisotopic (exact) mass is 226 g/mol. The van der Waals surface area contributed by atoms with Crippen LogP contribution >= 0.6 is 23.5 Å². The Balaban J connectivity index is 2.72. The average Bonchev–Trinajstić information content (AvgIpc) is 2.19. The molecule has 0 unspecified atom stereocenters. The number of rotatable bonds is 5. The third-order valence-electron chi connectivity index (χ3n) is 1.55. The molecule has 14 heavy (non-hydrogen) atoms. The summed E-state index contributed by atoms with van der Waals surface area (Å²) in [6, 6.07) is 2.08. The molecule has 0 aliphatic rings. The second-order valence-corrected chi connectivity index (χ2v) is 5.00. The Morgan fingerprint density at radius 2 is 2.21 bits per heavy atom. The van der Waals surface area contributed by atoms with E-state index < -0.39 is 0 Å². The second-order valence-electron chi connectivity index (χ2n) is 2.70. The minimum atomic E-state index is 0.883. The molecule has 0 aliphatic carbocycles. The van der Waals surface area contributed by atoms with Gasteiger partial charge in [0.05, 0.1) is 0 Å². The van der Waals surface area contributed by atoms with Gasteiger partial charge in [-0.05, 0) is 24.3 Å². The number of hydrogen-bond acceptors (Lipinski definition) is 4. The summed E-state index contributed by atoms with van der Waals surface area (Å²) in [4.78, 5) is 0. The third kappa shape index (κ3) is 3.35. The highest BCUT2D eigenvalue weighted by molar-refractivity contribution is 7.99. The highest BCUT2D eigenvalue weighted by Crippen LogP contribution is 2.22. The Bertz CT molecular complexity index is 313. The molecule has 0 aliphatic heterocycles. The van der Waals surface area contributed by atoms with Crippen LogP contribution in [0.4, 0.5) is 0 Å². The molecule has 0 saturated heterocycles. The first-order chi connectivity index (χ1) is 6.77. The van der Waals surface area contributed by atoms with Crippen LogP contribution in [0.3, 0.4) is 0 Å². The number of hydrogen-bond donors (Lipinski definition) is 0. The molecule has 1 aromatic heterocycles. The van der Waals surface area contributed by atoms with E-state index in [0.29, 0.717) is 0 Å². The lowest BCUT2D eigenvalue weighted by molar-refractivity contribution is 0.837. The zero-order valence-corrected chi connectivity index (χ0v) is 10.1. The SMILES string of the molecule is C=CCSc1cc(C)c(SCC)nn1. The predicted octanol–water partition coefficient (Wildman–Crippen LogP) is 3.18. The molecule has 1 heterocycles. The fourth-order valence-corrected chi connectivity index (χ4v) is 2.25. The summed E-state index contributed by atoms with van der Waals surface area (Å²) in [7, 11) is 0. The molecule has 0 amide bonds. The Morgan fingerprint density at radius 1 is 1.43 bits per heavy atom. The van der Waals surface area contributed by atoms with Crippen molar-refractivity contribution in [1.82, 2.24) is 10.2 Å². The van der Waals surface area contributed by atoms with Gasteiger partial charge in [-0.2, -0.15) is 0 Å². The van der Waals surface area contributed by atoms with Crippen molar-refractivity contribution >= 4 is 23.5 Å². The van der Waals surface area contributed by atoms with Crippen LogP contribution in [0, 0.1) is 6.92 Å². The largest absolute Gasteiger partial charge is 0.143 e. The van der Waals surface area contributed by atoms with Crippen LogP contribution in [-0.4, -0.2) is 21.7 Å². The molecule has 2 nitrogen and oxygen atoms in total. The number of aromatic nitrogens is 2. The Hall–Kier alpha value is -0.480. The van der Waals surface area contributed by atoms with Crippen LogP contribution in [0.2, 0.25) is 0 Å². The van der Waals surface area contributed by atoms with Gasteiger partial charge in [0.25, 0.3) is 0 Å². The lowest BCUT2D eigenvalue weighted by Gasteiger charge is -2.03. The molecule has 1 rings (SSSR count). The Labute approximate surface area is 93.6 Å². The lowest BCUT2D eigenvalue weighted by Crippen LogP contribution is -1.92. The van der Waals surface area contributed by atoms with Gasteiger partial charge in [-0.25, -0.2) is 0 Å². The van der Waals surface area contributed by atoms with Gasteiger partial charge < -0.3 is 0 Å². The van der Waals surface area contributed by atoms with Crippen molar-refractivity contribution in [2.45, 2.75) is 23.9 Å². The number of thioether (sulfide) groups is 2. The summed E-state index contributed by atoms with van der Waals surface area (Å²) in [6.07, 6.45) is 1.87. The van der Waals surface area contributed by atoms with Crippen molar-refractivity contribution in [3.8, 4) is 0 Å². The van der Waals surface area contributed by atoms with Gasteiger partial charge in [-0.1, -0.05) is 13.0 Å². The fraction of sp³-hybridized carbons (Fsp3) is 0.400. The topological polar surface area (TPSA) is 25.8 Å². The summed E-state index contributed by atoms with van der Waals surface area (Å²) in [6.45, 7) is 7.86. The molecule has 0 spiro atoms. The summed E-state index contributed by atoms with van der Waals surface area (Å²) >= 11 is 3.39. The average molecular weight is 226 g/mol. The maximum absolute atomic E-state index is 4.18. The Kier molecular flexibility index (Phi) is 5.04. The molecular weight excluding hydrogens is 212 g/mol. The van der Waals surface area contributed by atoms with E-state index in [0.717, 1.165) is 21.6 Å². The summed E-state index contributed by atoms with van der Waals surface area (Å²) in [5.74, 6) is 1.92. The minimum Gasteiger partial charge on any atom is -0.143 e. The zero-order valence-electron chi connectivity index (χ0n) is 8.49. The normalized spacial score (nSPS) is 10.1. The van der Waals surface area contributed by atoms with Gasteiger partial charge >= 0.3 is 0 Å². The van der Waals surface area contributed by atoms with Crippen molar-refractivity contribution in [2.75, 3.05) is 11.5 Å². The van der Waals surface area contributed by atoms with Gasteiger partial charge in [0.1, 0.15) is 10.1 Å². The molecule has 0 bridgehead atoms. The molecule has 0 aromatic carbocycles. The van der Waals surface area contributed by atoms with Gasteiger partial charge in [-0.3, -0.25) is 0 Å². The first kappa shape index (κ1) is 11.6. The maximum Gasteiger partial charge on any atom is 0.122 e. The molecular formula is C10H14N2S2. The van der Waals surface area contributed by atoms with Crippen molar-refractivity contribution in [3.05, 3.63) is 24.3 Å². The summed E-state index contributed by atoms with van der Waals surface area (Å²) < 4.78 is 0. The van der Waals surface area contributed by atoms with E-state index in [1.807, 2.05) is 6.08 Å². The van der Waals surface area contributed by atoms with Gasteiger partial charge in [0.2, 0.25) is 0 Å². The highest BCUT2D eigenvalue weighted by Gasteiger charge is 2.02. The lowest BCUT2D eigenvalue weighted by atomic mass is 10.4. The summed E-state index contributed by atoms with van der Waals surface area (Å²) in [5, 5.41) is 10.3. The van der Waals surface area contributed by atoms with Crippen LogP contribution in [0.25, 0.3) is 0 Å². The quantitative estimate of drug-likeness (QED) is 0.569. The third-order valence-corrected chi connectivity index (χ3v) is 3.41. The van der Waals surface area contributed by atoms with Gasteiger partial charge in [-0.15, -0.1) is 40.3 Å². The fourth-order valence-electron chi connectivity index (χ4n) is 0.944. The number of aryl methyl sites for hydroxylation is 1. The molecule has 0 atom stereocenters. The highest BCUT2D eigenvalue weighted by atomic mass is 32.2. The van der Waals surface area contributed by atoms with Crippen molar-refractivity contribution in [3.63, 3.8) is 0 Å². The predicted molar refractivity (Wildman–Crippen MR) is 64.1 cm³/mol. The Morgan fingerprint density at radius 3 is 2.79 bits per heavy atom. The van der Waals surface area contributed by atoms with Crippen molar-refractivity contribution in [1.29, 1.82) is 0 Å². The van der Waals surface area contributed by atoms with Crippen LogP contribution in [-0.2, 0) is 0 Å². The van der Waals surface area contributed by atoms with E-state index in [9.17, 15) is 0 Å². The minimum absolute atomic E-state index is 0.883. The van der Waals surface area contributed by atoms with Crippen LogP contribution in [0.15, 0.2) is 28.8 Å². The van der Waals surface area contributed by atoms with Gasteiger partial charge in [0, 0.05) is 5.75 Å². The second kappa shape index (κ2) is 6.09. The van der Waals surface area contributed by atoms with Crippen LogP contribution in [0.1, 0.15) is 12.5 Å². The van der Waals surface area contributed by atoms with Crippen molar-refractivity contribution < 1.29 is 0 Å².